The van der Waals surface area contributed by atoms with Crippen molar-refractivity contribution < 1.29 is 102 Å². The highest BCUT2D eigenvalue weighted by Gasteiger charge is 2.82. The molecule has 1 amide bonds. The molecule has 105 heavy (non-hydrogen) atoms. The molecular weight excluding hydrogens is 1360 g/mol. The molecule has 10 N–H and O–H groups in total. The van der Waals surface area contributed by atoms with E-state index in [9.17, 15) is 49.8 Å². The molecule has 14 rings (SSSR count). The number of aliphatic hydroxyl groups excluding tert-OH is 2. The predicted octanol–water partition coefficient (Wildman–Crippen LogP) is 4.24. The van der Waals surface area contributed by atoms with Gasteiger partial charge in [0.25, 0.3) is 5.60 Å². The number of carbonyl (C=O) groups is 7. The van der Waals surface area contributed by atoms with Gasteiger partial charge in [0.05, 0.1) is 93.8 Å². The van der Waals surface area contributed by atoms with Crippen molar-refractivity contribution in [2.24, 2.45) is 22.2 Å². The molecule has 2 unspecified atom stereocenters. The number of likely N-dealkylation sites (N-methyl/N-ethyl adjacent to an activating group) is 1. The third-order valence-corrected chi connectivity index (χ3v) is 24.6. The van der Waals surface area contributed by atoms with Crippen LogP contribution in [0.5, 0.6) is 23.0 Å². The number of amides is 1. The van der Waals surface area contributed by atoms with Gasteiger partial charge in [-0.05, 0) is 87.2 Å². The number of hydrazone groups is 1. The number of rotatable bonds is 17. The first-order valence-corrected chi connectivity index (χ1v) is 35.9. The second-order valence-electron chi connectivity index (χ2n) is 30.0. The number of hydrogen-bond acceptors (Lipinski definition) is 26. The Balaban J connectivity index is 0.830. The van der Waals surface area contributed by atoms with Crippen LogP contribution in [-0.2, 0) is 76.1 Å². The third kappa shape index (κ3) is 11.0. The Labute approximate surface area is 605 Å². The predicted molar refractivity (Wildman–Crippen MR) is 376 cm³/mol. The first kappa shape index (κ1) is 73.1. The summed E-state index contributed by atoms with van der Waals surface area (Å²) in [4.78, 5) is 114. The Bertz CT molecular complexity index is 4490. The lowest BCUT2D eigenvalue weighted by Crippen LogP contribution is -2.82. The number of benzene rings is 4. The van der Waals surface area contributed by atoms with Crippen LogP contribution < -0.4 is 25.5 Å². The van der Waals surface area contributed by atoms with Crippen molar-refractivity contribution in [3.63, 3.8) is 0 Å². The van der Waals surface area contributed by atoms with Gasteiger partial charge in [-0.3, -0.25) is 38.6 Å². The first-order valence-electron chi connectivity index (χ1n) is 35.9. The highest BCUT2D eigenvalue weighted by molar-refractivity contribution is 6.31. The molecule has 1 spiro atoms. The quantitative estimate of drug-likeness (QED) is 0.0154. The Morgan fingerprint density at radius 3 is 2.29 bits per heavy atom. The van der Waals surface area contributed by atoms with Gasteiger partial charge in [-0.25, -0.2) is 10.2 Å². The third-order valence-electron chi connectivity index (χ3n) is 24.6. The number of aliphatic hydroxyl groups is 4. The number of piperidine rings is 1. The van der Waals surface area contributed by atoms with Crippen LogP contribution in [0.4, 0.5) is 5.69 Å². The fourth-order valence-electron chi connectivity index (χ4n) is 20.2. The number of nitrogens with zero attached hydrogens (tertiary/aromatic N) is 4. The summed E-state index contributed by atoms with van der Waals surface area (Å²) in [7, 11) is 7.06. The van der Waals surface area contributed by atoms with E-state index in [4.69, 9.17) is 43.6 Å². The van der Waals surface area contributed by atoms with Gasteiger partial charge in [0, 0.05) is 139 Å². The minimum absolute atomic E-state index is 0.0213. The van der Waals surface area contributed by atoms with Gasteiger partial charge < -0.3 is 84.2 Å². The Morgan fingerprint density at radius 2 is 1.59 bits per heavy atom. The van der Waals surface area contributed by atoms with Crippen molar-refractivity contribution in [3.05, 3.63) is 123 Å². The van der Waals surface area contributed by atoms with Crippen LogP contribution in [0.15, 0.2) is 71.9 Å². The summed E-state index contributed by atoms with van der Waals surface area (Å²) < 4.78 is 49.6. The highest BCUT2D eigenvalue weighted by Crippen LogP contribution is 2.69. The number of ketones is 2. The standard InChI is InChI=1S/C77H91N7O21/c1-10-72(96)31-40-32-76(70(94)100-8,66-42(22-26-83(35-40)37-72)41-16-12-13-18-48(41)79-66)46-28-45-49(30-51(46)99-7)82(5)68-75(45)24-27-84-25-15-23-73(11-2,67(75)84)69(103-39(4)86)77(68,71(95)101-9)105-55(88)21-20-54(87)81-80-53(36-85)74(97)33-44-58(52(34-74)104-56-29-47(78)61(89)38(3)102-56)65(93)60-59(63(44)91)62(90)43-17-14-19-50(98-6)57(43)64(60)92/h12-19,23,28,30,38,40,47,52,56,61,67-69,79,85,89,91,93,96-97H,10-11,20-22,24-27,29,31-37,78H2,1-9H3,(H,81,87)/b80-53+/t38-,40+,47-,52-,56-,61+,67-,68+,69+,72-,73+,74-,75?,76-,77-/m0/s1. The maximum atomic E-state index is 15.9. The van der Waals surface area contributed by atoms with Crippen LogP contribution in [0.3, 0.4) is 0 Å². The second-order valence-corrected chi connectivity index (χ2v) is 30.0. The molecule has 1 aromatic heterocycles. The number of H-pyrrole nitrogens is 1. The van der Waals surface area contributed by atoms with Crippen molar-refractivity contribution in [2.75, 3.05) is 79.7 Å². The van der Waals surface area contributed by atoms with Crippen LogP contribution >= 0.6 is 0 Å². The summed E-state index contributed by atoms with van der Waals surface area (Å²) in [6.45, 7) is 8.08. The number of esters is 4. The van der Waals surface area contributed by atoms with Crippen molar-refractivity contribution in [1.29, 1.82) is 0 Å². The molecule has 28 nitrogen and oxygen atoms in total. The molecule has 16 atom stereocenters. The van der Waals surface area contributed by atoms with Crippen molar-refractivity contribution in [3.8, 4) is 23.0 Å². The number of hydrogen-bond donors (Lipinski definition) is 9. The van der Waals surface area contributed by atoms with E-state index < -0.39 is 184 Å². The number of phenolic OH excluding ortho intramolecular Hbond substituents is 2. The van der Waals surface area contributed by atoms with Gasteiger partial charge in [0.1, 0.15) is 34.0 Å². The van der Waals surface area contributed by atoms with E-state index in [1.807, 2.05) is 67.3 Å². The molecule has 1 saturated carbocycles. The van der Waals surface area contributed by atoms with Crippen LogP contribution in [-0.4, -0.2) is 227 Å². The number of para-hydroxylation sites is 1. The Kier molecular flexibility index (Phi) is 18.7. The summed E-state index contributed by atoms with van der Waals surface area (Å²) in [5, 5.41) is 76.5. The number of methoxy groups -OCH3 is 4. The normalized spacial score (nSPS) is 32.9. The van der Waals surface area contributed by atoms with E-state index in [0.29, 0.717) is 86.7 Å². The summed E-state index contributed by atoms with van der Waals surface area (Å²) in [5.74, 6) is -7.78. The lowest BCUT2D eigenvalue weighted by molar-refractivity contribution is -0.245. The fraction of sp³-hybridized carbons (Fsp3) is 0.532. The van der Waals surface area contributed by atoms with Gasteiger partial charge in [-0.2, -0.15) is 5.10 Å². The molecule has 0 radical (unpaired) electrons. The van der Waals surface area contributed by atoms with E-state index in [1.54, 1.807) is 14.0 Å². The minimum atomic E-state index is -2.56. The van der Waals surface area contributed by atoms with E-state index >= 15 is 14.4 Å². The summed E-state index contributed by atoms with van der Waals surface area (Å²) in [6.07, 6.45) is -3.28. The minimum Gasteiger partial charge on any atom is -0.507 e. The van der Waals surface area contributed by atoms with Gasteiger partial charge in [0.2, 0.25) is 11.7 Å². The molecule has 3 aliphatic carbocycles. The van der Waals surface area contributed by atoms with E-state index in [0.717, 1.165) is 23.6 Å². The van der Waals surface area contributed by atoms with Crippen LogP contribution in [0.2, 0.25) is 0 Å². The molecule has 6 aliphatic heterocycles. The molecule has 5 aromatic rings. The number of nitrogens with one attached hydrogen (secondary N) is 2. The molecule has 28 heteroatoms. The first-order chi connectivity index (χ1) is 50.1. The van der Waals surface area contributed by atoms with Crippen molar-refractivity contribution in [2.45, 2.75) is 175 Å². The molecule has 7 heterocycles. The lowest BCUT2D eigenvalue weighted by atomic mass is 9.47. The highest BCUT2D eigenvalue weighted by atomic mass is 16.7. The molecule has 9 aliphatic rings. The number of nitrogens with two attached hydrogens (primary N) is 1. The molecule has 2 bridgehead atoms. The SMILES string of the molecule is CC[C@]1(O)C[C@H]2CN(CCc3c([nH]c4ccccc34)[C@@](C(=O)OC)(c3cc4c(cc3OC)N(C)[C@@H]3C45CCN4CC=C[C@](CC)([C@H]45)[C@@H](OC(C)=O)[C@]3(OC(=O)CCC(=O)N/N=C(\CO)[C@]3(O)Cc4c(O)c5c(c(O)c4[C@@H](O[C@H]4C[C@H](N)[C@H](O)[C@H](C)O4)C3)C(=O)c3c(OC)cccc3C5=O)C(=O)OC)C2)C1. The summed E-state index contributed by atoms with van der Waals surface area (Å²) in [6, 6.07) is 13.3. The maximum absolute atomic E-state index is 15.9. The van der Waals surface area contributed by atoms with Crippen molar-refractivity contribution >= 4 is 63.7 Å². The average molecular weight is 1450 g/mol. The smallest absolute Gasteiger partial charge is 0.356 e. The maximum Gasteiger partial charge on any atom is 0.356 e. The number of aromatic nitrogens is 1. The zero-order valence-corrected chi connectivity index (χ0v) is 60.2. The molecule has 4 aromatic carbocycles. The van der Waals surface area contributed by atoms with Crippen LogP contribution in [0.25, 0.3) is 10.9 Å². The number of anilines is 1. The molecule has 3 saturated heterocycles. The van der Waals surface area contributed by atoms with E-state index in [2.05, 4.69) is 25.3 Å². The van der Waals surface area contributed by atoms with Crippen molar-refractivity contribution in [1.82, 2.24) is 20.2 Å². The Morgan fingerprint density at radius 1 is 0.848 bits per heavy atom. The Hall–Kier alpha value is -8.84. The fourth-order valence-corrected chi connectivity index (χ4v) is 20.2. The average Bonchev–Trinajstić information content (AvgIpc) is 1.55. The van der Waals surface area contributed by atoms with Crippen LogP contribution in [0, 0.1) is 11.3 Å². The zero-order valence-electron chi connectivity index (χ0n) is 60.2. The monoisotopic (exact) mass is 1450 g/mol. The molecular formula is C77H91N7O21. The zero-order chi connectivity index (χ0) is 74.9. The van der Waals surface area contributed by atoms with Gasteiger partial charge >= 0.3 is 23.9 Å². The number of phenols is 2. The number of carbonyl (C=O) groups excluding carboxylic acids is 7. The van der Waals surface area contributed by atoms with E-state index in [-0.39, 0.29) is 53.2 Å². The largest absolute Gasteiger partial charge is 0.507 e. The molecule has 4 fully saturated rings. The second kappa shape index (κ2) is 26.9. The lowest BCUT2D eigenvalue weighted by Gasteiger charge is -2.64. The van der Waals surface area contributed by atoms with E-state index in [1.165, 1.54) is 46.5 Å². The summed E-state index contributed by atoms with van der Waals surface area (Å²) in [5.41, 5.74) is -0.133. The van der Waals surface area contributed by atoms with Crippen LogP contribution in [0.1, 0.15) is 157 Å². The van der Waals surface area contributed by atoms with Gasteiger partial charge in [0.15, 0.2) is 18.2 Å². The number of aromatic amines is 1. The topological polar surface area (TPSA) is 391 Å². The number of fused-ring (bicyclic) bond motifs is 9. The van der Waals surface area contributed by atoms with Gasteiger partial charge in [-0.15, -0.1) is 0 Å². The summed E-state index contributed by atoms with van der Waals surface area (Å²) >= 11 is 0. The van der Waals surface area contributed by atoms with Gasteiger partial charge in [-0.1, -0.05) is 56.3 Å². The molecule has 560 valence electrons. The number of aromatic hydroxyl groups is 2. The number of ether oxygens (including phenoxy) is 8.